The Labute approximate surface area is 158 Å². The van der Waals surface area contributed by atoms with Crippen LogP contribution in [0.3, 0.4) is 0 Å². The third-order valence-corrected chi connectivity index (χ3v) is 5.28. The van der Waals surface area contributed by atoms with Gasteiger partial charge < -0.3 is 20.3 Å². The van der Waals surface area contributed by atoms with Crippen molar-refractivity contribution in [2.75, 3.05) is 49.7 Å². The molecule has 2 N–H and O–H groups in total. The number of amides is 2. The van der Waals surface area contributed by atoms with Gasteiger partial charge in [0.05, 0.1) is 13.2 Å². The van der Waals surface area contributed by atoms with E-state index >= 15 is 0 Å². The van der Waals surface area contributed by atoms with Crippen molar-refractivity contribution in [3.8, 4) is 0 Å². The molecule has 2 saturated heterocycles. The Morgan fingerprint density at radius 2 is 1.96 bits per heavy atom. The molecule has 3 rings (SSSR count). The van der Waals surface area contributed by atoms with Crippen molar-refractivity contribution in [2.24, 2.45) is 0 Å². The second-order valence-corrected chi connectivity index (χ2v) is 7.11. The van der Waals surface area contributed by atoms with Gasteiger partial charge in [-0.05, 0) is 24.3 Å². The summed E-state index contributed by atoms with van der Waals surface area (Å²) in [5, 5.41) is 6.26. The fourth-order valence-corrected chi connectivity index (χ4v) is 3.78. The molecule has 2 aliphatic heterocycles. The summed E-state index contributed by atoms with van der Waals surface area (Å²) in [6.45, 7) is 3.40. The van der Waals surface area contributed by atoms with Gasteiger partial charge >= 0.3 is 0 Å². The number of benzene rings is 1. The van der Waals surface area contributed by atoms with Crippen LogP contribution in [0.5, 0.6) is 0 Å². The molecule has 0 bridgehead atoms. The predicted molar refractivity (Wildman–Crippen MR) is 103 cm³/mol. The summed E-state index contributed by atoms with van der Waals surface area (Å²) in [4.78, 5) is 26.3. The van der Waals surface area contributed by atoms with E-state index < -0.39 is 0 Å². The molecule has 0 spiro atoms. The Hall–Kier alpha value is -1.28. The van der Waals surface area contributed by atoms with Crippen molar-refractivity contribution < 1.29 is 14.3 Å². The first-order chi connectivity index (χ1) is 11.7. The van der Waals surface area contributed by atoms with Crippen molar-refractivity contribution in [2.45, 2.75) is 12.5 Å². The zero-order valence-electron chi connectivity index (χ0n) is 14.0. The van der Waals surface area contributed by atoms with Gasteiger partial charge in [0.25, 0.3) is 5.91 Å². The summed E-state index contributed by atoms with van der Waals surface area (Å²) in [7, 11) is 0. The summed E-state index contributed by atoms with van der Waals surface area (Å²) >= 11 is 1.88. The van der Waals surface area contributed by atoms with Crippen molar-refractivity contribution >= 4 is 41.7 Å². The van der Waals surface area contributed by atoms with Gasteiger partial charge in [-0.3, -0.25) is 9.59 Å². The molecule has 25 heavy (non-hydrogen) atoms. The van der Waals surface area contributed by atoms with Crippen LogP contribution in [0.15, 0.2) is 24.3 Å². The lowest BCUT2D eigenvalue weighted by atomic mass is 10.1. The molecule has 0 aliphatic carbocycles. The number of nitrogens with one attached hydrogen (secondary N) is 2. The lowest BCUT2D eigenvalue weighted by Gasteiger charge is -2.26. The molecular weight excluding hydrogens is 362 g/mol. The van der Waals surface area contributed by atoms with E-state index in [1.807, 2.05) is 11.8 Å². The maximum absolute atomic E-state index is 12.4. The summed E-state index contributed by atoms with van der Waals surface area (Å²) in [5.74, 6) is 2.10. The summed E-state index contributed by atoms with van der Waals surface area (Å²) < 4.78 is 5.26. The van der Waals surface area contributed by atoms with E-state index in [1.165, 1.54) is 0 Å². The standard InChI is InChI=1S/C17H23N3O3S.ClH/c21-16(11-15-12-24-10-5-18-15)19-14-3-1-13(2-4-14)17(22)20-6-8-23-9-7-20;/h1-4,15,18H,5-12H2,(H,19,21);1H. The highest BCUT2D eigenvalue weighted by molar-refractivity contribution is 7.99. The minimum atomic E-state index is 0. The van der Waals surface area contributed by atoms with E-state index in [9.17, 15) is 9.59 Å². The predicted octanol–water partition coefficient (Wildman–Crippen LogP) is 1.61. The first-order valence-corrected chi connectivity index (χ1v) is 9.46. The Kier molecular flexibility index (Phi) is 8.02. The Bertz CT molecular complexity index is 573. The van der Waals surface area contributed by atoms with E-state index in [-0.39, 0.29) is 30.3 Å². The quantitative estimate of drug-likeness (QED) is 0.824. The average molecular weight is 386 g/mol. The van der Waals surface area contributed by atoms with Gasteiger partial charge in [-0.1, -0.05) is 0 Å². The van der Waals surface area contributed by atoms with Gasteiger partial charge in [-0.2, -0.15) is 11.8 Å². The molecule has 2 fully saturated rings. The summed E-state index contributed by atoms with van der Waals surface area (Å²) in [6.07, 6.45) is 0.474. The molecule has 6 nitrogen and oxygen atoms in total. The molecule has 1 aromatic carbocycles. The lowest BCUT2D eigenvalue weighted by molar-refractivity contribution is -0.116. The number of nitrogens with zero attached hydrogens (tertiary/aromatic N) is 1. The minimum Gasteiger partial charge on any atom is -0.378 e. The van der Waals surface area contributed by atoms with Gasteiger partial charge in [-0.15, -0.1) is 12.4 Å². The first-order valence-electron chi connectivity index (χ1n) is 8.30. The molecular formula is C17H24ClN3O3S. The summed E-state index contributed by atoms with van der Waals surface area (Å²) in [5.41, 5.74) is 1.36. The topological polar surface area (TPSA) is 70.7 Å². The third-order valence-electron chi connectivity index (χ3n) is 4.14. The van der Waals surface area contributed by atoms with E-state index in [1.54, 1.807) is 29.2 Å². The highest BCUT2D eigenvalue weighted by atomic mass is 35.5. The van der Waals surface area contributed by atoms with Crippen molar-refractivity contribution in [1.82, 2.24) is 10.2 Å². The van der Waals surface area contributed by atoms with E-state index in [4.69, 9.17) is 4.74 Å². The van der Waals surface area contributed by atoms with Crippen LogP contribution in [0.25, 0.3) is 0 Å². The molecule has 1 unspecified atom stereocenters. The van der Waals surface area contributed by atoms with Crippen LogP contribution in [0.4, 0.5) is 5.69 Å². The normalized spacial score (nSPS) is 20.5. The van der Waals surface area contributed by atoms with Crippen LogP contribution >= 0.6 is 24.2 Å². The highest BCUT2D eigenvalue weighted by Crippen LogP contribution is 2.15. The van der Waals surface area contributed by atoms with Gasteiger partial charge in [0, 0.05) is 54.9 Å². The first kappa shape index (κ1) is 20.0. The number of thioether (sulfide) groups is 1. The number of halogens is 1. The average Bonchev–Trinajstić information content (AvgIpc) is 2.63. The monoisotopic (exact) mass is 385 g/mol. The molecule has 2 heterocycles. The third kappa shape index (κ3) is 5.88. The lowest BCUT2D eigenvalue weighted by Crippen LogP contribution is -2.40. The minimum absolute atomic E-state index is 0. The van der Waals surface area contributed by atoms with Gasteiger partial charge in [0.2, 0.25) is 5.91 Å². The number of hydrogen-bond donors (Lipinski definition) is 2. The van der Waals surface area contributed by atoms with Crippen molar-refractivity contribution in [3.05, 3.63) is 29.8 Å². The largest absolute Gasteiger partial charge is 0.378 e. The Morgan fingerprint density at radius 3 is 2.60 bits per heavy atom. The SMILES string of the molecule is Cl.O=C(CC1CSCCN1)Nc1ccc(C(=O)N2CCOCC2)cc1. The fraction of sp³-hybridized carbons (Fsp3) is 0.529. The second-order valence-electron chi connectivity index (χ2n) is 5.96. The molecule has 2 aliphatic rings. The smallest absolute Gasteiger partial charge is 0.254 e. The molecule has 8 heteroatoms. The van der Waals surface area contributed by atoms with Crippen LogP contribution < -0.4 is 10.6 Å². The van der Waals surface area contributed by atoms with Gasteiger partial charge in [0.15, 0.2) is 0 Å². The number of hydrogen-bond acceptors (Lipinski definition) is 5. The number of rotatable bonds is 4. The van der Waals surface area contributed by atoms with E-state index in [0.29, 0.717) is 38.3 Å². The number of carbonyl (C=O) groups is 2. The van der Waals surface area contributed by atoms with Crippen LogP contribution in [0, 0.1) is 0 Å². The highest BCUT2D eigenvalue weighted by Gasteiger charge is 2.19. The van der Waals surface area contributed by atoms with Crippen LogP contribution in [0.2, 0.25) is 0 Å². The summed E-state index contributed by atoms with van der Waals surface area (Å²) in [6, 6.07) is 7.35. The number of ether oxygens (including phenoxy) is 1. The van der Waals surface area contributed by atoms with E-state index in [0.717, 1.165) is 23.7 Å². The molecule has 138 valence electrons. The van der Waals surface area contributed by atoms with Crippen molar-refractivity contribution in [1.29, 1.82) is 0 Å². The zero-order valence-corrected chi connectivity index (χ0v) is 15.7. The number of carbonyl (C=O) groups excluding carboxylic acids is 2. The molecule has 0 radical (unpaired) electrons. The molecule has 0 saturated carbocycles. The zero-order chi connectivity index (χ0) is 16.8. The van der Waals surface area contributed by atoms with Crippen molar-refractivity contribution in [3.63, 3.8) is 0 Å². The maximum Gasteiger partial charge on any atom is 0.254 e. The maximum atomic E-state index is 12.4. The Balaban J connectivity index is 0.00000225. The molecule has 1 atom stereocenters. The fourth-order valence-electron chi connectivity index (χ4n) is 2.83. The number of anilines is 1. The van der Waals surface area contributed by atoms with Gasteiger partial charge in [-0.25, -0.2) is 0 Å². The Morgan fingerprint density at radius 1 is 1.24 bits per heavy atom. The second kappa shape index (κ2) is 10.0. The molecule has 1 aromatic rings. The molecule has 2 amide bonds. The van der Waals surface area contributed by atoms with Crippen LogP contribution in [-0.4, -0.2) is 67.1 Å². The molecule has 0 aromatic heterocycles. The number of morpholine rings is 1. The van der Waals surface area contributed by atoms with E-state index in [2.05, 4.69) is 10.6 Å². The van der Waals surface area contributed by atoms with Crippen LogP contribution in [0.1, 0.15) is 16.8 Å². The van der Waals surface area contributed by atoms with Crippen LogP contribution in [-0.2, 0) is 9.53 Å². The van der Waals surface area contributed by atoms with Gasteiger partial charge in [0.1, 0.15) is 0 Å².